The number of imidazole rings is 1. The largest absolute Gasteiger partial charge is 0.325 e. The topological polar surface area (TPSA) is 21.1 Å². The first-order valence-electron chi connectivity index (χ1n) is 7.25. The SMILES string of the molecule is CC(Cl)c1nc2cc(I)ccc2n1CCN1CCSCC1. The van der Waals surface area contributed by atoms with Gasteiger partial charge in [0.05, 0.1) is 16.4 Å². The van der Waals surface area contributed by atoms with E-state index in [2.05, 4.69) is 62.0 Å². The fourth-order valence-electron chi connectivity index (χ4n) is 2.73. The zero-order valence-corrected chi connectivity index (χ0v) is 15.8. The molecule has 1 aromatic heterocycles. The average molecular weight is 436 g/mol. The second-order valence-electron chi connectivity index (χ2n) is 5.32. The summed E-state index contributed by atoms with van der Waals surface area (Å²) >= 11 is 10.7. The lowest BCUT2D eigenvalue weighted by Gasteiger charge is -2.26. The van der Waals surface area contributed by atoms with Crippen molar-refractivity contribution in [2.75, 3.05) is 31.1 Å². The molecule has 21 heavy (non-hydrogen) atoms. The van der Waals surface area contributed by atoms with E-state index in [9.17, 15) is 0 Å². The third kappa shape index (κ3) is 3.68. The number of thioether (sulfide) groups is 1. The van der Waals surface area contributed by atoms with Crippen molar-refractivity contribution in [3.63, 3.8) is 0 Å². The molecule has 1 aromatic carbocycles. The summed E-state index contributed by atoms with van der Waals surface area (Å²) in [5, 5.41) is -0.0630. The van der Waals surface area contributed by atoms with Crippen LogP contribution in [-0.2, 0) is 6.54 Å². The smallest absolute Gasteiger partial charge is 0.127 e. The van der Waals surface area contributed by atoms with Crippen LogP contribution in [0.2, 0.25) is 0 Å². The number of hydrogen-bond acceptors (Lipinski definition) is 3. The lowest BCUT2D eigenvalue weighted by atomic mass is 10.3. The molecule has 3 rings (SSSR count). The van der Waals surface area contributed by atoms with Crippen molar-refractivity contribution in [2.45, 2.75) is 18.8 Å². The molecule has 0 radical (unpaired) electrons. The summed E-state index contributed by atoms with van der Waals surface area (Å²) in [6, 6.07) is 6.44. The van der Waals surface area contributed by atoms with Crippen LogP contribution in [0.25, 0.3) is 11.0 Å². The molecule has 1 unspecified atom stereocenters. The van der Waals surface area contributed by atoms with Gasteiger partial charge in [-0.3, -0.25) is 4.90 Å². The van der Waals surface area contributed by atoms with Crippen molar-refractivity contribution in [3.8, 4) is 0 Å². The molecule has 1 aliphatic rings. The minimum Gasteiger partial charge on any atom is -0.325 e. The van der Waals surface area contributed by atoms with Gasteiger partial charge in [-0.2, -0.15) is 11.8 Å². The maximum atomic E-state index is 6.34. The molecule has 0 aliphatic carbocycles. The monoisotopic (exact) mass is 435 g/mol. The zero-order chi connectivity index (χ0) is 14.8. The predicted octanol–water partition coefficient (Wildman–Crippen LogP) is 3.99. The van der Waals surface area contributed by atoms with Gasteiger partial charge in [0.25, 0.3) is 0 Å². The molecular formula is C15H19ClIN3S. The lowest BCUT2D eigenvalue weighted by Crippen LogP contribution is -2.35. The van der Waals surface area contributed by atoms with Crippen LogP contribution in [0.5, 0.6) is 0 Å². The van der Waals surface area contributed by atoms with E-state index in [1.807, 2.05) is 6.92 Å². The second-order valence-corrected chi connectivity index (χ2v) is 8.45. The van der Waals surface area contributed by atoms with Crippen molar-refractivity contribution in [1.82, 2.24) is 14.5 Å². The quantitative estimate of drug-likeness (QED) is 0.535. The van der Waals surface area contributed by atoms with E-state index in [4.69, 9.17) is 16.6 Å². The van der Waals surface area contributed by atoms with Crippen LogP contribution in [0.4, 0.5) is 0 Å². The van der Waals surface area contributed by atoms with E-state index < -0.39 is 0 Å². The summed E-state index contributed by atoms with van der Waals surface area (Å²) < 4.78 is 3.51. The molecule has 0 spiro atoms. The van der Waals surface area contributed by atoms with Gasteiger partial charge in [-0.15, -0.1) is 11.6 Å². The predicted molar refractivity (Wildman–Crippen MR) is 100 cm³/mol. The Labute approximate surface area is 148 Å². The highest BCUT2D eigenvalue weighted by Crippen LogP contribution is 2.26. The van der Waals surface area contributed by atoms with Gasteiger partial charge in [-0.25, -0.2) is 4.98 Å². The number of benzene rings is 1. The molecule has 114 valence electrons. The zero-order valence-electron chi connectivity index (χ0n) is 12.1. The number of rotatable bonds is 4. The maximum absolute atomic E-state index is 6.34. The van der Waals surface area contributed by atoms with E-state index in [1.54, 1.807) is 0 Å². The lowest BCUT2D eigenvalue weighted by molar-refractivity contribution is 0.289. The fourth-order valence-corrected chi connectivity index (χ4v) is 4.35. The van der Waals surface area contributed by atoms with Crippen LogP contribution in [0.3, 0.4) is 0 Å². The van der Waals surface area contributed by atoms with Crippen LogP contribution in [-0.4, -0.2) is 45.6 Å². The Bertz CT molecular complexity index is 623. The molecule has 0 amide bonds. The maximum Gasteiger partial charge on any atom is 0.127 e. The van der Waals surface area contributed by atoms with Crippen LogP contribution in [0, 0.1) is 3.57 Å². The van der Waals surface area contributed by atoms with E-state index >= 15 is 0 Å². The van der Waals surface area contributed by atoms with Crippen LogP contribution in [0.1, 0.15) is 18.1 Å². The molecule has 0 bridgehead atoms. The number of aromatic nitrogens is 2. The highest BCUT2D eigenvalue weighted by Gasteiger charge is 2.17. The molecular weight excluding hydrogens is 417 g/mol. The van der Waals surface area contributed by atoms with Crippen LogP contribution in [0.15, 0.2) is 18.2 Å². The Morgan fingerprint density at radius 2 is 2.10 bits per heavy atom. The number of nitrogens with zero attached hydrogens (tertiary/aromatic N) is 3. The van der Waals surface area contributed by atoms with Gasteiger partial charge in [-0.05, 0) is 47.7 Å². The first-order valence-corrected chi connectivity index (χ1v) is 9.92. The van der Waals surface area contributed by atoms with Gasteiger partial charge in [-0.1, -0.05) is 0 Å². The minimum absolute atomic E-state index is 0.0630. The van der Waals surface area contributed by atoms with Gasteiger partial charge < -0.3 is 4.57 Å². The Morgan fingerprint density at radius 1 is 1.33 bits per heavy atom. The van der Waals surface area contributed by atoms with E-state index in [-0.39, 0.29) is 5.38 Å². The van der Waals surface area contributed by atoms with Crippen LogP contribution >= 0.6 is 46.0 Å². The third-order valence-electron chi connectivity index (χ3n) is 3.84. The van der Waals surface area contributed by atoms with E-state index in [0.717, 1.165) is 24.4 Å². The summed E-state index contributed by atoms with van der Waals surface area (Å²) in [6.45, 7) is 6.44. The van der Waals surface area contributed by atoms with Gasteiger partial charge in [0.2, 0.25) is 0 Å². The summed E-state index contributed by atoms with van der Waals surface area (Å²) in [7, 11) is 0. The fraction of sp³-hybridized carbons (Fsp3) is 0.533. The number of alkyl halides is 1. The minimum atomic E-state index is -0.0630. The highest BCUT2D eigenvalue weighted by atomic mass is 127. The Kier molecular flexibility index (Phi) is 5.35. The molecule has 1 saturated heterocycles. The first kappa shape index (κ1) is 15.9. The molecule has 6 heteroatoms. The van der Waals surface area contributed by atoms with Crippen molar-refractivity contribution in [2.24, 2.45) is 0 Å². The second kappa shape index (κ2) is 7.06. The van der Waals surface area contributed by atoms with Gasteiger partial charge in [0.1, 0.15) is 5.82 Å². The van der Waals surface area contributed by atoms with Gasteiger partial charge in [0, 0.05) is 41.3 Å². The van der Waals surface area contributed by atoms with Crippen molar-refractivity contribution in [1.29, 1.82) is 0 Å². The van der Waals surface area contributed by atoms with Crippen molar-refractivity contribution in [3.05, 3.63) is 27.6 Å². The molecule has 0 N–H and O–H groups in total. The molecule has 1 aliphatic heterocycles. The molecule has 0 saturated carbocycles. The van der Waals surface area contributed by atoms with E-state index in [1.165, 1.54) is 33.7 Å². The summed E-state index contributed by atoms with van der Waals surface area (Å²) in [5.41, 5.74) is 2.25. The number of fused-ring (bicyclic) bond motifs is 1. The Hall–Kier alpha value is 0.0200. The number of hydrogen-bond donors (Lipinski definition) is 0. The Morgan fingerprint density at radius 3 is 2.81 bits per heavy atom. The Balaban J connectivity index is 1.86. The van der Waals surface area contributed by atoms with Crippen molar-refractivity contribution < 1.29 is 0 Å². The highest BCUT2D eigenvalue weighted by molar-refractivity contribution is 14.1. The van der Waals surface area contributed by atoms with Gasteiger partial charge >= 0.3 is 0 Å². The normalized spacial score (nSPS) is 18.2. The van der Waals surface area contributed by atoms with Gasteiger partial charge in [0.15, 0.2) is 0 Å². The number of halogens is 2. The standard InChI is InChI=1S/C15H19ClIN3S/c1-11(16)15-18-13-10-12(17)2-3-14(13)20(15)5-4-19-6-8-21-9-7-19/h2-3,10-11H,4-9H2,1H3. The summed E-state index contributed by atoms with van der Waals surface area (Å²) in [4.78, 5) is 7.28. The van der Waals surface area contributed by atoms with Crippen molar-refractivity contribution >= 4 is 57.0 Å². The molecule has 2 aromatic rings. The molecule has 1 atom stereocenters. The third-order valence-corrected chi connectivity index (χ3v) is 5.65. The average Bonchev–Trinajstić information content (AvgIpc) is 2.84. The molecule has 3 nitrogen and oxygen atoms in total. The van der Waals surface area contributed by atoms with E-state index in [0.29, 0.717) is 0 Å². The molecule has 1 fully saturated rings. The first-order chi connectivity index (χ1) is 10.1. The molecule has 2 heterocycles. The van der Waals surface area contributed by atoms with Crippen LogP contribution < -0.4 is 0 Å². The summed E-state index contributed by atoms with van der Waals surface area (Å²) in [5.74, 6) is 3.49. The summed E-state index contributed by atoms with van der Waals surface area (Å²) in [6.07, 6.45) is 0.